The van der Waals surface area contributed by atoms with Crippen molar-refractivity contribution in [3.63, 3.8) is 0 Å². The molecule has 2 aromatic carbocycles. The zero-order chi connectivity index (χ0) is 20.3. The Labute approximate surface area is 178 Å². The van der Waals surface area contributed by atoms with E-state index in [0.29, 0.717) is 17.3 Å². The van der Waals surface area contributed by atoms with Gasteiger partial charge in [-0.15, -0.1) is 0 Å². The van der Waals surface area contributed by atoms with Crippen LogP contribution in [0, 0.1) is 5.82 Å². The minimum absolute atomic E-state index is 0.0453. The van der Waals surface area contributed by atoms with Gasteiger partial charge in [0.2, 0.25) is 0 Å². The molecule has 2 aromatic rings. The van der Waals surface area contributed by atoms with Crippen molar-refractivity contribution in [2.75, 3.05) is 19.7 Å². The van der Waals surface area contributed by atoms with E-state index in [1.54, 1.807) is 24.3 Å². The zero-order valence-corrected chi connectivity index (χ0v) is 18.2. The molecule has 0 aliphatic carbocycles. The van der Waals surface area contributed by atoms with E-state index in [2.05, 4.69) is 27.8 Å². The number of hydrogen-bond acceptors (Lipinski definition) is 3. The van der Waals surface area contributed by atoms with Gasteiger partial charge in [-0.3, -0.25) is 9.69 Å². The van der Waals surface area contributed by atoms with E-state index < -0.39 is 0 Å². The van der Waals surface area contributed by atoms with Gasteiger partial charge in [-0.25, -0.2) is 4.39 Å². The summed E-state index contributed by atoms with van der Waals surface area (Å²) in [6.07, 6.45) is 0. The Kier molecular flexibility index (Phi) is 6.96. The lowest BCUT2D eigenvalue weighted by molar-refractivity contribution is -0.139. The van der Waals surface area contributed by atoms with Crippen molar-refractivity contribution in [1.82, 2.24) is 9.80 Å². The third-order valence-electron chi connectivity index (χ3n) is 4.98. The number of benzene rings is 2. The molecule has 0 aromatic heterocycles. The van der Waals surface area contributed by atoms with Gasteiger partial charge in [-0.2, -0.15) is 0 Å². The Morgan fingerprint density at radius 3 is 2.57 bits per heavy atom. The van der Waals surface area contributed by atoms with Gasteiger partial charge >= 0.3 is 0 Å². The molecule has 1 fully saturated rings. The second-order valence-corrected chi connectivity index (χ2v) is 8.49. The monoisotopic (exact) mass is 468 g/mol. The van der Waals surface area contributed by atoms with Crippen LogP contribution in [0.2, 0.25) is 5.02 Å². The predicted molar refractivity (Wildman–Crippen MR) is 112 cm³/mol. The molecule has 1 amide bonds. The molecule has 1 saturated heterocycles. The summed E-state index contributed by atoms with van der Waals surface area (Å²) >= 11 is 9.49. The number of carbonyl (C=O) groups is 1. The molecule has 0 bridgehead atoms. The molecule has 1 aliphatic heterocycles. The number of rotatable bonds is 5. The van der Waals surface area contributed by atoms with Crippen molar-refractivity contribution in [2.45, 2.75) is 32.5 Å². The first-order valence-electron chi connectivity index (χ1n) is 9.19. The molecular formula is C21H23BrClFN2O2. The highest BCUT2D eigenvalue weighted by Crippen LogP contribution is 2.28. The highest BCUT2D eigenvalue weighted by atomic mass is 79.9. The van der Waals surface area contributed by atoms with Gasteiger partial charge in [-0.1, -0.05) is 39.7 Å². The zero-order valence-electron chi connectivity index (χ0n) is 15.9. The van der Waals surface area contributed by atoms with Crippen LogP contribution in [0.1, 0.15) is 19.4 Å². The van der Waals surface area contributed by atoms with E-state index in [9.17, 15) is 9.18 Å². The van der Waals surface area contributed by atoms with Crippen molar-refractivity contribution in [3.05, 3.63) is 63.3 Å². The minimum Gasteiger partial charge on any atom is -0.482 e. The van der Waals surface area contributed by atoms with E-state index in [4.69, 9.17) is 16.3 Å². The second-order valence-electron chi connectivity index (χ2n) is 7.16. The topological polar surface area (TPSA) is 32.8 Å². The molecule has 0 saturated carbocycles. The first-order valence-corrected chi connectivity index (χ1v) is 10.4. The van der Waals surface area contributed by atoms with Gasteiger partial charge in [0.15, 0.2) is 6.61 Å². The average molecular weight is 470 g/mol. The van der Waals surface area contributed by atoms with E-state index in [1.165, 1.54) is 12.1 Å². The SMILES string of the molecule is C[C@@H]1CN(Cc2ccc(F)cc2)[C@@H](C)CN1C(=O)COc1ccc(Br)cc1Cl. The van der Waals surface area contributed by atoms with Crippen LogP contribution in [0.4, 0.5) is 4.39 Å². The van der Waals surface area contributed by atoms with E-state index >= 15 is 0 Å². The molecule has 4 nitrogen and oxygen atoms in total. The summed E-state index contributed by atoms with van der Waals surface area (Å²) in [6.45, 7) is 6.20. The number of piperazine rings is 1. The summed E-state index contributed by atoms with van der Waals surface area (Å²) in [5.41, 5.74) is 1.06. The largest absolute Gasteiger partial charge is 0.482 e. The Balaban J connectivity index is 1.57. The van der Waals surface area contributed by atoms with Crippen LogP contribution in [0.3, 0.4) is 0 Å². The third-order valence-corrected chi connectivity index (χ3v) is 5.77. The van der Waals surface area contributed by atoms with Crippen LogP contribution in [-0.4, -0.2) is 47.5 Å². The normalized spacial score (nSPS) is 20.2. The van der Waals surface area contributed by atoms with E-state index in [1.807, 2.05) is 17.9 Å². The molecular weight excluding hydrogens is 447 g/mol. The lowest BCUT2D eigenvalue weighted by Gasteiger charge is -2.44. The highest BCUT2D eigenvalue weighted by molar-refractivity contribution is 9.10. The molecule has 150 valence electrons. The Hall–Kier alpha value is -1.63. The summed E-state index contributed by atoms with van der Waals surface area (Å²) in [6, 6.07) is 12.1. The summed E-state index contributed by atoms with van der Waals surface area (Å²) in [4.78, 5) is 16.9. The molecule has 0 N–H and O–H groups in total. The molecule has 28 heavy (non-hydrogen) atoms. The number of nitrogens with zero attached hydrogens (tertiary/aromatic N) is 2. The maximum Gasteiger partial charge on any atom is 0.260 e. The summed E-state index contributed by atoms with van der Waals surface area (Å²) in [5, 5.41) is 0.465. The molecule has 1 heterocycles. The molecule has 0 spiro atoms. The first-order chi connectivity index (χ1) is 13.3. The molecule has 3 rings (SSSR count). The highest BCUT2D eigenvalue weighted by Gasteiger charge is 2.32. The average Bonchev–Trinajstić information content (AvgIpc) is 2.65. The predicted octanol–water partition coefficient (Wildman–Crippen LogP) is 4.74. The molecule has 7 heteroatoms. The number of hydrogen-bond donors (Lipinski definition) is 0. The first kappa shape index (κ1) is 21.1. The number of ether oxygens (including phenoxy) is 1. The van der Waals surface area contributed by atoms with E-state index in [0.717, 1.165) is 23.1 Å². The summed E-state index contributed by atoms with van der Waals surface area (Å²) in [5.74, 6) is 0.208. The number of carbonyl (C=O) groups excluding carboxylic acids is 1. The fourth-order valence-electron chi connectivity index (χ4n) is 3.40. The standard InChI is InChI=1S/C21H23BrClFN2O2/c1-14-11-26(21(27)13-28-20-8-5-17(22)9-19(20)23)15(2)10-25(14)12-16-3-6-18(24)7-4-16/h3-9,14-15H,10-13H2,1-2H3/t14-,15+/m0/s1. The van der Waals surface area contributed by atoms with Crippen LogP contribution < -0.4 is 4.74 Å². The van der Waals surface area contributed by atoms with Gasteiger partial charge < -0.3 is 9.64 Å². The van der Waals surface area contributed by atoms with E-state index in [-0.39, 0.29) is 30.4 Å². The lowest BCUT2D eigenvalue weighted by Crippen LogP contribution is -2.58. The van der Waals surface area contributed by atoms with Gasteiger partial charge in [0.05, 0.1) is 5.02 Å². The Morgan fingerprint density at radius 1 is 1.18 bits per heavy atom. The number of amides is 1. The fraction of sp³-hybridized carbons (Fsp3) is 0.381. The maximum absolute atomic E-state index is 13.1. The second kappa shape index (κ2) is 9.25. The van der Waals surface area contributed by atoms with Crippen LogP contribution in [0.15, 0.2) is 46.9 Å². The van der Waals surface area contributed by atoms with Gasteiger partial charge in [0.25, 0.3) is 5.91 Å². The van der Waals surface area contributed by atoms with Gasteiger partial charge in [-0.05, 0) is 49.7 Å². The van der Waals surface area contributed by atoms with Crippen LogP contribution in [0.25, 0.3) is 0 Å². The molecule has 0 radical (unpaired) electrons. The maximum atomic E-state index is 13.1. The Morgan fingerprint density at radius 2 is 1.89 bits per heavy atom. The van der Waals surface area contributed by atoms with Crippen LogP contribution in [0.5, 0.6) is 5.75 Å². The third kappa shape index (κ3) is 5.25. The molecule has 2 atom stereocenters. The molecule has 0 unspecified atom stereocenters. The summed E-state index contributed by atoms with van der Waals surface area (Å²) in [7, 11) is 0. The van der Waals surface area contributed by atoms with Gasteiger partial charge in [0, 0.05) is 36.2 Å². The van der Waals surface area contributed by atoms with Crippen molar-refractivity contribution in [2.24, 2.45) is 0 Å². The quantitative estimate of drug-likeness (QED) is 0.634. The summed E-state index contributed by atoms with van der Waals surface area (Å²) < 4.78 is 19.6. The molecule has 1 aliphatic rings. The lowest BCUT2D eigenvalue weighted by atomic mass is 10.1. The smallest absolute Gasteiger partial charge is 0.260 e. The van der Waals surface area contributed by atoms with Crippen LogP contribution in [-0.2, 0) is 11.3 Å². The minimum atomic E-state index is -0.230. The number of halogens is 3. The van der Waals surface area contributed by atoms with Crippen LogP contribution >= 0.6 is 27.5 Å². The van der Waals surface area contributed by atoms with Crippen molar-refractivity contribution >= 4 is 33.4 Å². The van der Waals surface area contributed by atoms with Crippen molar-refractivity contribution in [1.29, 1.82) is 0 Å². The van der Waals surface area contributed by atoms with Gasteiger partial charge in [0.1, 0.15) is 11.6 Å². The van der Waals surface area contributed by atoms with Crippen molar-refractivity contribution in [3.8, 4) is 5.75 Å². The Bertz CT molecular complexity index is 834. The van der Waals surface area contributed by atoms with Crippen molar-refractivity contribution < 1.29 is 13.9 Å². The fourth-order valence-corrected chi connectivity index (χ4v) is 4.13.